The molecule has 0 fully saturated rings. The molecule has 0 aliphatic carbocycles. The minimum atomic E-state index is 0.605. The Balaban J connectivity index is 2.23. The van der Waals surface area contributed by atoms with Gasteiger partial charge in [0.05, 0.1) is 15.6 Å². The lowest BCUT2D eigenvalue weighted by molar-refractivity contribution is 0.720. The van der Waals surface area contributed by atoms with Gasteiger partial charge in [0.1, 0.15) is 0 Å². The second kappa shape index (κ2) is 4.37. The second-order valence-electron chi connectivity index (χ2n) is 4.13. The Morgan fingerprint density at radius 2 is 2.06 bits per heavy atom. The molecule has 88 valence electrons. The van der Waals surface area contributed by atoms with E-state index in [0.29, 0.717) is 10.0 Å². The molecule has 1 aliphatic rings. The van der Waals surface area contributed by atoms with Crippen LogP contribution in [0.2, 0.25) is 10.0 Å². The predicted octanol–water partition coefficient (Wildman–Crippen LogP) is 3.78. The van der Waals surface area contributed by atoms with Gasteiger partial charge in [0.2, 0.25) is 0 Å². The fraction of sp³-hybridized carbons (Fsp3) is 0.231. The highest BCUT2D eigenvalue weighted by Gasteiger charge is 2.12. The Morgan fingerprint density at radius 3 is 2.82 bits per heavy atom. The third-order valence-corrected chi connectivity index (χ3v) is 3.89. The molecule has 2 nitrogen and oxygen atoms in total. The topological polar surface area (TPSA) is 17.0 Å². The molecule has 1 aliphatic heterocycles. The molecule has 17 heavy (non-hydrogen) atoms. The van der Waals surface area contributed by atoms with Crippen LogP contribution in [0.1, 0.15) is 6.42 Å². The Kier molecular flexibility index (Phi) is 2.87. The summed E-state index contributed by atoms with van der Waals surface area (Å²) >= 11 is 12.4. The molecular weight excluding hydrogens is 255 g/mol. The van der Waals surface area contributed by atoms with Crippen molar-refractivity contribution in [2.45, 2.75) is 6.42 Å². The highest BCUT2D eigenvalue weighted by molar-refractivity contribution is 6.45. The zero-order chi connectivity index (χ0) is 11.8. The first-order valence-electron chi connectivity index (χ1n) is 5.62. The zero-order valence-electron chi connectivity index (χ0n) is 9.21. The van der Waals surface area contributed by atoms with Crippen LogP contribution in [0.4, 0.5) is 0 Å². The van der Waals surface area contributed by atoms with E-state index >= 15 is 0 Å². The summed E-state index contributed by atoms with van der Waals surface area (Å²) in [6.07, 6.45) is 5.26. The van der Waals surface area contributed by atoms with Gasteiger partial charge in [-0.3, -0.25) is 0 Å². The number of fused-ring (bicyclic) bond motifs is 1. The fourth-order valence-corrected chi connectivity index (χ4v) is 2.65. The van der Waals surface area contributed by atoms with E-state index in [9.17, 15) is 0 Å². The fourth-order valence-electron chi connectivity index (χ4n) is 2.23. The largest absolute Gasteiger partial charge is 0.319 e. The monoisotopic (exact) mass is 266 g/mol. The summed E-state index contributed by atoms with van der Waals surface area (Å²) in [5, 5.41) is 5.66. The van der Waals surface area contributed by atoms with Crippen LogP contribution in [0.25, 0.3) is 16.6 Å². The zero-order valence-corrected chi connectivity index (χ0v) is 10.7. The van der Waals surface area contributed by atoms with E-state index in [2.05, 4.69) is 28.2 Å². The minimum absolute atomic E-state index is 0.605. The van der Waals surface area contributed by atoms with Crippen molar-refractivity contribution in [3.05, 3.63) is 40.5 Å². The maximum absolute atomic E-state index is 6.30. The molecule has 1 aromatic carbocycles. The first kappa shape index (κ1) is 11.1. The molecule has 1 aromatic heterocycles. The van der Waals surface area contributed by atoms with Crippen LogP contribution in [0.15, 0.2) is 30.5 Å². The van der Waals surface area contributed by atoms with Gasteiger partial charge in [0, 0.05) is 36.8 Å². The second-order valence-corrected chi connectivity index (χ2v) is 4.92. The van der Waals surface area contributed by atoms with Crippen LogP contribution < -0.4 is 5.32 Å². The number of rotatable bonds is 1. The summed E-state index contributed by atoms with van der Waals surface area (Å²) in [5.74, 6) is 0. The molecule has 1 N–H and O–H groups in total. The summed E-state index contributed by atoms with van der Waals surface area (Å²) in [6, 6.07) is 5.91. The Hall–Kier alpha value is -0.960. The van der Waals surface area contributed by atoms with Gasteiger partial charge < -0.3 is 9.88 Å². The number of hydrogen-bond acceptors (Lipinski definition) is 1. The highest BCUT2D eigenvalue weighted by atomic mass is 35.5. The summed E-state index contributed by atoms with van der Waals surface area (Å²) in [5.41, 5.74) is 2.29. The van der Waals surface area contributed by atoms with Crippen LogP contribution in [0.5, 0.6) is 0 Å². The molecule has 4 heteroatoms. The molecular formula is C13H12Cl2N2. The third-order valence-electron chi connectivity index (χ3n) is 3.09. The van der Waals surface area contributed by atoms with Crippen LogP contribution >= 0.6 is 23.2 Å². The number of aromatic nitrogens is 1. The third kappa shape index (κ3) is 1.86. The first-order chi connectivity index (χ1) is 8.27. The molecule has 0 saturated carbocycles. The van der Waals surface area contributed by atoms with E-state index < -0.39 is 0 Å². The maximum atomic E-state index is 6.30. The van der Waals surface area contributed by atoms with E-state index in [0.717, 1.165) is 30.4 Å². The van der Waals surface area contributed by atoms with E-state index in [1.54, 1.807) is 0 Å². The van der Waals surface area contributed by atoms with Crippen molar-refractivity contribution < 1.29 is 0 Å². The lowest BCUT2D eigenvalue weighted by atomic mass is 10.2. The van der Waals surface area contributed by atoms with E-state index in [1.165, 1.54) is 5.70 Å². The molecule has 0 spiro atoms. The van der Waals surface area contributed by atoms with Crippen LogP contribution in [-0.2, 0) is 0 Å². The summed E-state index contributed by atoms with van der Waals surface area (Å²) < 4.78 is 2.14. The van der Waals surface area contributed by atoms with Crippen molar-refractivity contribution in [2.75, 3.05) is 13.1 Å². The Bertz CT molecular complexity index is 599. The normalized spacial score (nSPS) is 16.2. The van der Waals surface area contributed by atoms with Gasteiger partial charge >= 0.3 is 0 Å². The number of nitrogens with one attached hydrogen (secondary N) is 1. The molecule has 0 unspecified atom stereocenters. The van der Waals surface area contributed by atoms with Gasteiger partial charge in [-0.2, -0.15) is 0 Å². The van der Waals surface area contributed by atoms with Crippen LogP contribution in [0.3, 0.4) is 0 Å². The van der Waals surface area contributed by atoms with E-state index in [1.807, 2.05) is 12.1 Å². The molecule has 0 bridgehead atoms. The minimum Gasteiger partial charge on any atom is -0.319 e. The van der Waals surface area contributed by atoms with Crippen molar-refractivity contribution in [3.63, 3.8) is 0 Å². The average molecular weight is 267 g/mol. The summed E-state index contributed by atoms with van der Waals surface area (Å²) in [4.78, 5) is 0. The quantitative estimate of drug-likeness (QED) is 0.832. The van der Waals surface area contributed by atoms with Crippen molar-refractivity contribution in [1.29, 1.82) is 0 Å². The van der Waals surface area contributed by atoms with Gasteiger partial charge in [0.25, 0.3) is 0 Å². The smallest absolute Gasteiger partial charge is 0.0838 e. The van der Waals surface area contributed by atoms with E-state index in [4.69, 9.17) is 23.2 Å². The van der Waals surface area contributed by atoms with Crippen LogP contribution in [-0.4, -0.2) is 17.7 Å². The van der Waals surface area contributed by atoms with Gasteiger partial charge in [0.15, 0.2) is 0 Å². The van der Waals surface area contributed by atoms with Gasteiger partial charge in [-0.15, -0.1) is 0 Å². The maximum Gasteiger partial charge on any atom is 0.0838 e. The summed E-state index contributed by atoms with van der Waals surface area (Å²) in [6.45, 7) is 1.91. The highest BCUT2D eigenvalue weighted by Crippen LogP contribution is 2.33. The van der Waals surface area contributed by atoms with Crippen molar-refractivity contribution in [2.24, 2.45) is 0 Å². The Labute approximate surface area is 110 Å². The molecule has 2 aromatic rings. The van der Waals surface area contributed by atoms with Crippen molar-refractivity contribution >= 4 is 39.8 Å². The van der Waals surface area contributed by atoms with Gasteiger partial charge in [-0.1, -0.05) is 35.3 Å². The SMILES string of the molecule is Clc1ccc2ccn(C3=CCNCC3)c2c1Cl. The van der Waals surface area contributed by atoms with Crippen molar-refractivity contribution in [3.8, 4) is 0 Å². The van der Waals surface area contributed by atoms with Crippen molar-refractivity contribution in [1.82, 2.24) is 9.88 Å². The Morgan fingerprint density at radius 1 is 1.18 bits per heavy atom. The molecule has 3 rings (SSSR count). The molecule has 0 radical (unpaired) electrons. The summed E-state index contributed by atoms with van der Waals surface area (Å²) in [7, 11) is 0. The first-order valence-corrected chi connectivity index (χ1v) is 6.38. The lowest BCUT2D eigenvalue weighted by Crippen LogP contribution is -2.21. The molecule has 0 amide bonds. The standard InChI is InChI=1S/C13H12Cl2N2/c14-11-2-1-9-5-8-17(13(9)12(11)15)10-3-6-16-7-4-10/h1-3,5,8,16H,4,6-7H2. The number of halogens is 2. The lowest BCUT2D eigenvalue weighted by Gasteiger charge is -2.16. The number of benzene rings is 1. The average Bonchev–Trinajstić information content (AvgIpc) is 2.79. The molecule has 2 heterocycles. The molecule has 0 saturated heterocycles. The van der Waals surface area contributed by atoms with Gasteiger partial charge in [-0.05, 0) is 12.1 Å². The number of nitrogens with zero attached hydrogens (tertiary/aromatic N) is 1. The van der Waals surface area contributed by atoms with E-state index in [-0.39, 0.29) is 0 Å². The molecule has 0 atom stereocenters. The predicted molar refractivity (Wildman–Crippen MR) is 73.7 cm³/mol. The van der Waals surface area contributed by atoms with Gasteiger partial charge in [-0.25, -0.2) is 0 Å². The number of hydrogen-bond donors (Lipinski definition) is 1. The van der Waals surface area contributed by atoms with Crippen LogP contribution in [0, 0.1) is 0 Å².